The number of para-hydroxylation sites is 1. The summed E-state index contributed by atoms with van der Waals surface area (Å²) < 4.78 is 0. The van der Waals surface area contributed by atoms with Crippen LogP contribution in [0.1, 0.15) is 24.1 Å². The summed E-state index contributed by atoms with van der Waals surface area (Å²) in [7, 11) is 0. The van der Waals surface area contributed by atoms with Crippen LogP contribution in [0, 0.1) is 6.92 Å². The number of H-pyrrole nitrogens is 1. The molecule has 2 fully saturated rings. The molecule has 4 rings (SSSR count). The molecule has 2 aromatic rings. The lowest BCUT2D eigenvalue weighted by atomic mass is 10.1. The first kappa shape index (κ1) is 17.1. The average Bonchev–Trinajstić information content (AvgIpc) is 3.38. The van der Waals surface area contributed by atoms with Crippen LogP contribution in [0.2, 0.25) is 0 Å². The third kappa shape index (κ3) is 3.75. The van der Waals surface area contributed by atoms with Crippen LogP contribution >= 0.6 is 0 Å². The third-order valence-corrected chi connectivity index (χ3v) is 5.39. The molecule has 1 aromatic heterocycles. The van der Waals surface area contributed by atoms with Gasteiger partial charge in [-0.15, -0.1) is 0 Å². The summed E-state index contributed by atoms with van der Waals surface area (Å²) in [6, 6.07) is 8.53. The van der Waals surface area contributed by atoms with E-state index in [1.807, 2.05) is 30.0 Å². The quantitative estimate of drug-likeness (QED) is 0.854. The Kier molecular flexibility index (Phi) is 4.68. The van der Waals surface area contributed by atoms with Gasteiger partial charge in [-0.2, -0.15) is 0 Å². The first-order valence-corrected chi connectivity index (χ1v) is 9.46. The molecule has 0 bridgehead atoms. The van der Waals surface area contributed by atoms with Gasteiger partial charge < -0.3 is 15.2 Å². The molecule has 2 aliphatic rings. The number of piperazine rings is 1. The number of benzene rings is 1. The number of aryl methyl sites for hydroxylation is 1. The molecule has 1 aliphatic carbocycles. The van der Waals surface area contributed by atoms with Crippen LogP contribution in [-0.2, 0) is 16.0 Å². The Hall–Kier alpha value is -2.34. The van der Waals surface area contributed by atoms with E-state index in [1.165, 1.54) is 0 Å². The fraction of sp³-hybridized carbons (Fsp3) is 0.500. The molecular weight excluding hydrogens is 328 g/mol. The van der Waals surface area contributed by atoms with Crippen molar-refractivity contribution >= 4 is 22.7 Å². The van der Waals surface area contributed by atoms with E-state index >= 15 is 0 Å². The van der Waals surface area contributed by atoms with E-state index in [0.717, 1.165) is 48.1 Å². The minimum atomic E-state index is 0.113. The first-order valence-electron chi connectivity index (χ1n) is 9.46. The molecule has 138 valence electrons. The zero-order chi connectivity index (χ0) is 18.1. The Balaban J connectivity index is 1.32. The third-order valence-electron chi connectivity index (χ3n) is 5.39. The van der Waals surface area contributed by atoms with Crippen LogP contribution in [0.3, 0.4) is 0 Å². The number of rotatable bonds is 5. The molecule has 0 unspecified atom stereocenters. The highest BCUT2D eigenvalue weighted by atomic mass is 16.2. The zero-order valence-corrected chi connectivity index (χ0v) is 15.3. The number of hydrogen-bond acceptors (Lipinski definition) is 3. The van der Waals surface area contributed by atoms with Crippen molar-refractivity contribution < 1.29 is 9.59 Å². The molecule has 6 heteroatoms. The van der Waals surface area contributed by atoms with Crippen molar-refractivity contribution in [1.29, 1.82) is 0 Å². The highest BCUT2D eigenvalue weighted by Crippen LogP contribution is 2.23. The van der Waals surface area contributed by atoms with Crippen molar-refractivity contribution in [2.75, 3.05) is 32.7 Å². The molecule has 2 N–H and O–H groups in total. The molecule has 2 heterocycles. The average molecular weight is 354 g/mol. The minimum Gasteiger partial charge on any atom is -0.358 e. The van der Waals surface area contributed by atoms with Crippen LogP contribution in [0.15, 0.2) is 24.3 Å². The number of fused-ring (bicyclic) bond motifs is 1. The standard InChI is InChI=1S/C20H26N4O2/c1-14-17(16-4-2-3-5-18(16)21-14)12-20(26)24-10-8-23(9-11-24)13-19(25)22-15-6-7-15/h2-5,15,21H,6-13H2,1H3,(H,22,25). The number of nitrogens with zero attached hydrogens (tertiary/aromatic N) is 2. The zero-order valence-electron chi connectivity index (χ0n) is 15.3. The van der Waals surface area contributed by atoms with Gasteiger partial charge in [0.05, 0.1) is 13.0 Å². The molecule has 1 aromatic carbocycles. The van der Waals surface area contributed by atoms with E-state index in [9.17, 15) is 9.59 Å². The summed E-state index contributed by atoms with van der Waals surface area (Å²) in [6.45, 7) is 5.38. The molecule has 26 heavy (non-hydrogen) atoms. The molecule has 1 aliphatic heterocycles. The van der Waals surface area contributed by atoms with E-state index in [2.05, 4.69) is 21.3 Å². The topological polar surface area (TPSA) is 68.4 Å². The number of nitrogens with one attached hydrogen (secondary N) is 2. The Morgan fingerprint density at radius 3 is 2.62 bits per heavy atom. The normalized spacial score (nSPS) is 18.3. The Bertz CT molecular complexity index is 816. The van der Waals surface area contributed by atoms with Crippen molar-refractivity contribution in [3.05, 3.63) is 35.5 Å². The second kappa shape index (κ2) is 7.11. The van der Waals surface area contributed by atoms with Gasteiger partial charge in [-0.1, -0.05) is 18.2 Å². The molecule has 0 spiro atoms. The van der Waals surface area contributed by atoms with Crippen molar-refractivity contribution in [3.8, 4) is 0 Å². The van der Waals surface area contributed by atoms with Crippen LogP contribution in [0.5, 0.6) is 0 Å². The minimum absolute atomic E-state index is 0.113. The molecule has 1 saturated carbocycles. The van der Waals surface area contributed by atoms with Crippen molar-refractivity contribution in [3.63, 3.8) is 0 Å². The van der Waals surface area contributed by atoms with E-state index < -0.39 is 0 Å². The fourth-order valence-electron chi connectivity index (χ4n) is 3.69. The molecule has 0 radical (unpaired) electrons. The molecule has 0 atom stereocenters. The number of aromatic nitrogens is 1. The number of carbonyl (C=O) groups is 2. The Morgan fingerprint density at radius 2 is 1.88 bits per heavy atom. The van der Waals surface area contributed by atoms with Gasteiger partial charge in [-0.05, 0) is 31.4 Å². The fourth-order valence-corrected chi connectivity index (χ4v) is 3.69. The van der Waals surface area contributed by atoms with Gasteiger partial charge >= 0.3 is 0 Å². The van der Waals surface area contributed by atoms with E-state index in [4.69, 9.17) is 0 Å². The van der Waals surface area contributed by atoms with Crippen molar-refractivity contribution in [1.82, 2.24) is 20.1 Å². The highest BCUT2D eigenvalue weighted by molar-refractivity contribution is 5.90. The molecule has 6 nitrogen and oxygen atoms in total. The maximum absolute atomic E-state index is 12.8. The smallest absolute Gasteiger partial charge is 0.234 e. The second-order valence-electron chi connectivity index (χ2n) is 7.45. The summed E-state index contributed by atoms with van der Waals surface area (Å²) in [6.07, 6.45) is 2.65. The van der Waals surface area contributed by atoms with Crippen molar-refractivity contribution in [2.45, 2.75) is 32.2 Å². The largest absolute Gasteiger partial charge is 0.358 e. The van der Waals surface area contributed by atoms with Gasteiger partial charge in [0, 0.05) is 48.8 Å². The lowest BCUT2D eigenvalue weighted by Gasteiger charge is -2.34. The predicted octanol–water partition coefficient (Wildman–Crippen LogP) is 1.44. The SMILES string of the molecule is Cc1[nH]c2ccccc2c1CC(=O)N1CCN(CC(=O)NC2CC2)CC1. The van der Waals surface area contributed by atoms with E-state index in [1.54, 1.807) is 0 Å². The number of hydrogen-bond donors (Lipinski definition) is 2. The summed E-state index contributed by atoms with van der Waals surface area (Å²) in [5.74, 6) is 0.279. The lowest BCUT2D eigenvalue weighted by Crippen LogP contribution is -2.51. The number of amides is 2. The van der Waals surface area contributed by atoms with Crippen LogP contribution in [-0.4, -0.2) is 65.4 Å². The van der Waals surface area contributed by atoms with Gasteiger partial charge in [0.2, 0.25) is 11.8 Å². The van der Waals surface area contributed by atoms with Gasteiger partial charge in [-0.3, -0.25) is 14.5 Å². The molecule has 1 saturated heterocycles. The number of aromatic amines is 1. The second-order valence-corrected chi connectivity index (χ2v) is 7.45. The Morgan fingerprint density at radius 1 is 1.15 bits per heavy atom. The molecular formula is C20H26N4O2. The van der Waals surface area contributed by atoms with Gasteiger partial charge in [0.1, 0.15) is 0 Å². The summed E-state index contributed by atoms with van der Waals surface area (Å²) in [4.78, 5) is 32.1. The summed E-state index contributed by atoms with van der Waals surface area (Å²) >= 11 is 0. The van der Waals surface area contributed by atoms with E-state index in [-0.39, 0.29) is 11.8 Å². The van der Waals surface area contributed by atoms with Crippen molar-refractivity contribution in [2.24, 2.45) is 0 Å². The summed E-state index contributed by atoms with van der Waals surface area (Å²) in [5.41, 5.74) is 3.24. The first-order chi connectivity index (χ1) is 12.6. The lowest BCUT2D eigenvalue weighted by molar-refractivity contribution is -0.132. The highest BCUT2D eigenvalue weighted by Gasteiger charge is 2.26. The van der Waals surface area contributed by atoms with Gasteiger partial charge in [0.15, 0.2) is 0 Å². The predicted molar refractivity (Wildman–Crippen MR) is 101 cm³/mol. The van der Waals surface area contributed by atoms with Gasteiger partial charge in [-0.25, -0.2) is 0 Å². The maximum atomic E-state index is 12.8. The maximum Gasteiger partial charge on any atom is 0.234 e. The van der Waals surface area contributed by atoms with Crippen LogP contribution < -0.4 is 5.32 Å². The van der Waals surface area contributed by atoms with E-state index in [0.29, 0.717) is 32.1 Å². The number of carbonyl (C=O) groups excluding carboxylic acids is 2. The Labute approximate surface area is 153 Å². The summed E-state index contributed by atoms with van der Waals surface area (Å²) in [5, 5.41) is 4.16. The van der Waals surface area contributed by atoms with Crippen LogP contribution in [0.4, 0.5) is 0 Å². The van der Waals surface area contributed by atoms with Gasteiger partial charge in [0.25, 0.3) is 0 Å². The molecule has 2 amide bonds. The van der Waals surface area contributed by atoms with Crippen LogP contribution in [0.25, 0.3) is 10.9 Å². The monoisotopic (exact) mass is 354 g/mol.